The van der Waals surface area contributed by atoms with E-state index in [2.05, 4.69) is 10.6 Å². The van der Waals surface area contributed by atoms with Crippen LogP contribution in [-0.2, 0) is 19.6 Å². The first-order valence-electron chi connectivity index (χ1n) is 10.3. The van der Waals surface area contributed by atoms with Gasteiger partial charge in [0.2, 0.25) is 15.9 Å². The smallest absolute Gasteiger partial charge is 0.262 e. The van der Waals surface area contributed by atoms with Crippen molar-refractivity contribution in [2.24, 2.45) is 5.92 Å². The third-order valence-corrected chi connectivity index (χ3v) is 7.96. The van der Waals surface area contributed by atoms with Gasteiger partial charge in [0.15, 0.2) is 6.61 Å². The molecule has 1 saturated heterocycles. The number of carbonyl (C=O) groups excluding carboxylic acids is 2. The van der Waals surface area contributed by atoms with E-state index in [0.29, 0.717) is 18.5 Å². The minimum absolute atomic E-state index is 0.00392. The first-order chi connectivity index (χ1) is 15.1. The van der Waals surface area contributed by atoms with E-state index in [-0.39, 0.29) is 53.1 Å². The molecule has 10 heteroatoms. The highest BCUT2D eigenvalue weighted by molar-refractivity contribution is 7.89. The highest BCUT2D eigenvalue weighted by Crippen LogP contribution is 2.37. The predicted molar refractivity (Wildman–Crippen MR) is 122 cm³/mol. The lowest BCUT2D eigenvalue weighted by Crippen LogP contribution is -2.41. The van der Waals surface area contributed by atoms with Crippen molar-refractivity contribution in [1.29, 1.82) is 0 Å². The molecule has 8 nitrogen and oxygen atoms in total. The van der Waals surface area contributed by atoms with E-state index < -0.39 is 10.0 Å². The second-order valence-corrected chi connectivity index (χ2v) is 10.5. The van der Waals surface area contributed by atoms with Crippen LogP contribution in [0.5, 0.6) is 5.75 Å². The number of rotatable bonds is 4. The normalized spacial score (nSPS) is 17.3. The van der Waals surface area contributed by atoms with Gasteiger partial charge in [0.05, 0.1) is 10.7 Å². The molecule has 0 saturated carbocycles. The molecule has 170 valence electrons. The summed E-state index contributed by atoms with van der Waals surface area (Å²) in [5.74, 6) is -0.455. The van der Waals surface area contributed by atoms with Crippen molar-refractivity contribution in [2.75, 3.05) is 30.3 Å². The van der Waals surface area contributed by atoms with Crippen LogP contribution in [0.4, 0.5) is 11.4 Å². The third-order valence-electron chi connectivity index (χ3n) is 5.60. The Balaban J connectivity index is 1.44. The fourth-order valence-corrected chi connectivity index (χ4v) is 6.05. The molecule has 0 unspecified atom stereocenters. The highest BCUT2D eigenvalue weighted by Gasteiger charge is 2.34. The number of fused-ring (bicyclic) bond motifs is 1. The summed E-state index contributed by atoms with van der Waals surface area (Å²) >= 11 is 6.23. The summed E-state index contributed by atoms with van der Waals surface area (Å²) in [6.07, 6.45) is 0.815. The summed E-state index contributed by atoms with van der Waals surface area (Å²) in [5, 5.41) is 5.55. The summed E-state index contributed by atoms with van der Waals surface area (Å²) in [6.45, 7) is 4.17. The lowest BCUT2D eigenvalue weighted by molar-refractivity contribution is -0.121. The number of nitrogens with one attached hydrogen (secondary N) is 2. The predicted octanol–water partition coefficient (Wildman–Crippen LogP) is 3.33. The quantitative estimate of drug-likeness (QED) is 0.702. The Kier molecular flexibility index (Phi) is 6.15. The van der Waals surface area contributed by atoms with Crippen LogP contribution in [0.25, 0.3) is 0 Å². The number of anilines is 2. The fraction of sp³-hybridized carbons (Fsp3) is 0.364. The summed E-state index contributed by atoms with van der Waals surface area (Å²) in [6, 6.07) is 8.57. The molecule has 1 fully saturated rings. The Hall–Kier alpha value is -2.62. The maximum absolute atomic E-state index is 13.2. The zero-order chi connectivity index (χ0) is 23.0. The fourth-order valence-electron chi connectivity index (χ4n) is 4.07. The second kappa shape index (κ2) is 8.73. The molecule has 0 aromatic heterocycles. The maximum Gasteiger partial charge on any atom is 0.262 e. The van der Waals surface area contributed by atoms with Crippen LogP contribution >= 0.6 is 11.6 Å². The molecular formula is C22H24ClN3O5S. The number of halogens is 1. The number of aryl methyl sites for hydroxylation is 2. The van der Waals surface area contributed by atoms with E-state index in [0.717, 1.165) is 16.8 Å². The third kappa shape index (κ3) is 4.60. The Morgan fingerprint density at radius 2 is 1.78 bits per heavy atom. The van der Waals surface area contributed by atoms with Crippen LogP contribution < -0.4 is 15.4 Å². The Morgan fingerprint density at radius 1 is 1.12 bits per heavy atom. The van der Waals surface area contributed by atoms with Gasteiger partial charge in [0.1, 0.15) is 10.6 Å². The first-order valence-corrected chi connectivity index (χ1v) is 12.1. The van der Waals surface area contributed by atoms with Gasteiger partial charge in [-0.05, 0) is 56.0 Å². The molecule has 0 radical (unpaired) electrons. The molecule has 2 aromatic carbocycles. The van der Waals surface area contributed by atoms with Gasteiger partial charge in [-0.2, -0.15) is 4.31 Å². The first kappa shape index (κ1) is 22.6. The van der Waals surface area contributed by atoms with Crippen molar-refractivity contribution in [1.82, 2.24) is 4.31 Å². The molecule has 2 aromatic rings. The van der Waals surface area contributed by atoms with Crippen molar-refractivity contribution in [3.8, 4) is 5.75 Å². The number of piperidine rings is 1. The molecule has 2 N–H and O–H groups in total. The van der Waals surface area contributed by atoms with Crippen molar-refractivity contribution in [3.63, 3.8) is 0 Å². The molecule has 0 atom stereocenters. The molecule has 2 aliphatic rings. The van der Waals surface area contributed by atoms with Crippen molar-refractivity contribution >= 4 is 44.8 Å². The molecule has 4 rings (SSSR count). The molecule has 2 aliphatic heterocycles. The molecule has 0 bridgehead atoms. The second-order valence-electron chi connectivity index (χ2n) is 8.16. The molecule has 32 heavy (non-hydrogen) atoms. The van der Waals surface area contributed by atoms with E-state index >= 15 is 0 Å². The summed E-state index contributed by atoms with van der Waals surface area (Å²) < 4.78 is 33.1. The number of carbonyl (C=O) groups is 2. The number of hydrogen-bond acceptors (Lipinski definition) is 5. The summed E-state index contributed by atoms with van der Waals surface area (Å²) in [5.41, 5.74) is 3.21. The standard InChI is InChI=1S/C22H24ClN3O5S/c1-13-7-14(2)9-16(8-13)24-22(28)15-3-5-26(6-4-15)32(29,30)20-11-19-18(10-17(20)23)25-21(27)12-31-19/h7-11,15H,3-6,12H2,1-2H3,(H,24,28)(H,25,27). The average molecular weight is 478 g/mol. The molecule has 0 spiro atoms. The monoisotopic (exact) mass is 477 g/mol. The molecule has 2 amide bonds. The number of amides is 2. The largest absolute Gasteiger partial charge is 0.482 e. The van der Waals surface area contributed by atoms with E-state index in [1.54, 1.807) is 0 Å². The van der Waals surface area contributed by atoms with Crippen LogP contribution in [0.1, 0.15) is 24.0 Å². The van der Waals surface area contributed by atoms with Gasteiger partial charge in [-0.25, -0.2) is 8.42 Å². The van der Waals surface area contributed by atoms with Gasteiger partial charge in [-0.3, -0.25) is 9.59 Å². The van der Waals surface area contributed by atoms with Gasteiger partial charge in [0, 0.05) is 30.8 Å². The van der Waals surface area contributed by atoms with Crippen LogP contribution in [0.2, 0.25) is 5.02 Å². The van der Waals surface area contributed by atoms with Crippen LogP contribution in [0, 0.1) is 19.8 Å². The summed E-state index contributed by atoms with van der Waals surface area (Å²) in [4.78, 5) is 24.1. The van der Waals surface area contributed by atoms with E-state index in [4.69, 9.17) is 16.3 Å². The number of hydrogen-bond donors (Lipinski definition) is 2. The number of ether oxygens (including phenoxy) is 1. The summed E-state index contributed by atoms with van der Waals surface area (Å²) in [7, 11) is -3.88. The molecule has 0 aliphatic carbocycles. The van der Waals surface area contributed by atoms with E-state index in [1.807, 2.05) is 32.0 Å². The lowest BCUT2D eigenvalue weighted by Gasteiger charge is -2.31. The van der Waals surface area contributed by atoms with Crippen molar-refractivity contribution < 1.29 is 22.7 Å². The zero-order valence-corrected chi connectivity index (χ0v) is 19.3. The Bertz CT molecular complexity index is 1170. The minimum atomic E-state index is -3.88. The van der Waals surface area contributed by atoms with Gasteiger partial charge >= 0.3 is 0 Å². The highest BCUT2D eigenvalue weighted by atomic mass is 35.5. The minimum Gasteiger partial charge on any atom is -0.482 e. The van der Waals surface area contributed by atoms with E-state index in [1.165, 1.54) is 16.4 Å². The van der Waals surface area contributed by atoms with E-state index in [9.17, 15) is 18.0 Å². The van der Waals surface area contributed by atoms with Gasteiger partial charge in [-0.1, -0.05) is 17.7 Å². The van der Waals surface area contributed by atoms with Crippen LogP contribution in [0.3, 0.4) is 0 Å². The van der Waals surface area contributed by atoms with Crippen LogP contribution in [-0.4, -0.2) is 44.2 Å². The molecular weight excluding hydrogens is 454 g/mol. The van der Waals surface area contributed by atoms with Crippen LogP contribution in [0.15, 0.2) is 35.2 Å². The lowest BCUT2D eigenvalue weighted by atomic mass is 9.97. The van der Waals surface area contributed by atoms with Gasteiger partial charge < -0.3 is 15.4 Å². The molecule has 2 heterocycles. The topological polar surface area (TPSA) is 105 Å². The average Bonchev–Trinajstić information content (AvgIpc) is 2.72. The van der Waals surface area contributed by atoms with Gasteiger partial charge in [-0.15, -0.1) is 0 Å². The number of sulfonamides is 1. The van der Waals surface area contributed by atoms with Crippen molar-refractivity contribution in [3.05, 3.63) is 46.5 Å². The SMILES string of the molecule is Cc1cc(C)cc(NC(=O)C2CCN(S(=O)(=O)c3cc4c(cc3Cl)NC(=O)CO4)CC2)c1. The van der Waals surface area contributed by atoms with Crippen molar-refractivity contribution in [2.45, 2.75) is 31.6 Å². The Morgan fingerprint density at radius 3 is 2.44 bits per heavy atom. The van der Waals surface area contributed by atoms with Gasteiger partial charge in [0.25, 0.3) is 5.91 Å². The maximum atomic E-state index is 13.2. The zero-order valence-electron chi connectivity index (χ0n) is 17.8. The Labute approximate surface area is 191 Å². The number of nitrogens with zero attached hydrogens (tertiary/aromatic N) is 1. The number of benzene rings is 2.